The molecule has 1 heterocycles. The zero-order chi connectivity index (χ0) is 12.8. The standard InChI is InChI=1S/C12H20ClN3O/c1-7(2)10-14-15-11(13)16(10)8-6-9(17-5)12(8,3)4/h7-9H,6H2,1-5H3. The lowest BCUT2D eigenvalue weighted by atomic mass is 9.64. The fraction of sp³-hybridized carbons (Fsp3) is 0.833. The van der Waals surface area contributed by atoms with Crippen LogP contribution in [0.15, 0.2) is 0 Å². The van der Waals surface area contributed by atoms with Crippen LogP contribution in [-0.4, -0.2) is 28.0 Å². The van der Waals surface area contributed by atoms with Crippen LogP contribution in [0.5, 0.6) is 0 Å². The molecule has 2 rings (SSSR count). The Kier molecular flexibility index (Phi) is 3.21. The van der Waals surface area contributed by atoms with Gasteiger partial charge in [-0.15, -0.1) is 10.2 Å². The van der Waals surface area contributed by atoms with Crippen LogP contribution in [0.25, 0.3) is 0 Å². The van der Waals surface area contributed by atoms with E-state index in [2.05, 4.69) is 42.5 Å². The number of ether oxygens (including phenoxy) is 1. The second-order valence-electron chi connectivity index (χ2n) is 5.65. The van der Waals surface area contributed by atoms with Crippen LogP contribution in [0.3, 0.4) is 0 Å². The first-order chi connectivity index (χ1) is 7.89. The van der Waals surface area contributed by atoms with Crippen molar-refractivity contribution in [2.24, 2.45) is 5.41 Å². The monoisotopic (exact) mass is 257 g/mol. The zero-order valence-corrected chi connectivity index (χ0v) is 11.8. The van der Waals surface area contributed by atoms with Crippen LogP contribution in [0.2, 0.25) is 5.28 Å². The summed E-state index contributed by atoms with van der Waals surface area (Å²) in [6, 6.07) is 0.326. The summed E-state index contributed by atoms with van der Waals surface area (Å²) in [5.74, 6) is 1.29. The van der Waals surface area contributed by atoms with E-state index in [-0.39, 0.29) is 11.5 Å². The molecule has 1 fully saturated rings. The molecule has 2 unspecified atom stereocenters. The molecule has 0 N–H and O–H groups in total. The number of rotatable bonds is 3. The predicted octanol–water partition coefficient (Wildman–Crippen LogP) is 3.04. The van der Waals surface area contributed by atoms with Crippen molar-refractivity contribution in [1.82, 2.24) is 14.8 Å². The maximum Gasteiger partial charge on any atom is 0.225 e. The molecule has 1 saturated carbocycles. The Hall–Kier alpha value is -0.610. The van der Waals surface area contributed by atoms with E-state index < -0.39 is 0 Å². The highest BCUT2D eigenvalue weighted by Crippen LogP contribution is 2.52. The summed E-state index contributed by atoms with van der Waals surface area (Å²) in [7, 11) is 1.76. The highest BCUT2D eigenvalue weighted by Gasteiger charge is 2.51. The van der Waals surface area contributed by atoms with Gasteiger partial charge in [-0.05, 0) is 18.0 Å². The molecule has 2 atom stereocenters. The number of nitrogens with zero attached hydrogens (tertiary/aromatic N) is 3. The van der Waals surface area contributed by atoms with Gasteiger partial charge in [0.2, 0.25) is 5.28 Å². The number of hydrogen-bond acceptors (Lipinski definition) is 3. The highest BCUT2D eigenvalue weighted by atomic mass is 35.5. The van der Waals surface area contributed by atoms with Crippen LogP contribution >= 0.6 is 11.6 Å². The van der Waals surface area contributed by atoms with Gasteiger partial charge in [-0.25, -0.2) is 0 Å². The maximum atomic E-state index is 6.16. The second kappa shape index (κ2) is 4.25. The number of hydrogen-bond donors (Lipinski definition) is 0. The molecule has 96 valence electrons. The van der Waals surface area contributed by atoms with Crippen LogP contribution in [-0.2, 0) is 4.74 Å². The first kappa shape index (κ1) is 12.8. The quantitative estimate of drug-likeness (QED) is 0.836. The lowest BCUT2D eigenvalue weighted by molar-refractivity contribution is -0.113. The summed E-state index contributed by atoms with van der Waals surface area (Å²) in [5.41, 5.74) is 0.0738. The summed E-state index contributed by atoms with van der Waals surface area (Å²) in [4.78, 5) is 0. The van der Waals surface area contributed by atoms with Gasteiger partial charge in [0, 0.05) is 24.5 Å². The van der Waals surface area contributed by atoms with Gasteiger partial charge < -0.3 is 4.74 Å². The SMILES string of the molecule is COC1CC(n2c(Cl)nnc2C(C)C)C1(C)C. The van der Waals surface area contributed by atoms with Crippen molar-refractivity contribution in [3.8, 4) is 0 Å². The summed E-state index contributed by atoms with van der Waals surface area (Å²) in [6.07, 6.45) is 1.26. The minimum atomic E-state index is 0.0738. The molecule has 5 heteroatoms. The lowest BCUT2D eigenvalue weighted by Gasteiger charge is -2.51. The molecule has 1 aliphatic rings. The Morgan fingerprint density at radius 2 is 2.06 bits per heavy atom. The molecular formula is C12H20ClN3O. The van der Waals surface area contributed by atoms with Gasteiger partial charge >= 0.3 is 0 Å². The zero-order valence-electron chi connectivity index (χ0n) is 11.1. The highest BCUT2D eigenvalue weighted by molar-refractivity contribution is 6.28. The number of aromatic nitrogens is 3. The van der Waals surface area contributed by atoms with Gasteiger partial charge in [0.15, 0.2) is 0 Å². The van der Waals surface area contributed by atoms with E-state index in [1.807, 2.05) is 0 Å². The Morgan fingerprint density at radius 3 is 2.53 bits per heavy atom. The average molecular weight is 258 g/mol. The molecule has 0 aliphatic heterocycles. The molecular weight excluding hydrogens is 238 g/mol. The first-order valence-corrected chi connectivity index (χ1v) is 6.40. The number of methoxy groups -OCH3 is 1. The van der Waals surface area contributed by atoms with Crippen molar-refractivity contribution in [3.05, 3.63) is 11.1 Å². The average Bonchev–Trinajstić information content (AvgIpc) is 2.60. The molecule has 1 aromatic heterocycles. The van der Waals surface area contributed by atoms with E-state index >= 15 is 0 Å². The van der Waals surface area contributed by atoms with Crippen molar-refractivity contribution >= 4 is 11.6 Å². The fourth-order valence-electron chi connectivity index (χ4n) is 2.67. The van der Waals surface area contributed by atoms with Crippen molar-refractivity contribution in [3.63, 3.8) is 0 Å². The largest absolute Gasteiger partial charge is 0.381 e. The predicted molar refractivity (Wildman–Crippen MR) is 67.4 cm³/mol. The smallest absolute Gasteiger partial charge is 0.225 e. The number of halogens is 1. The van der Waals surface area contributed by atoms with Crippen LogP contribution in [0, 0.1) is 5.41 Å². The minimum absolute atomic E-state index is 0.0738. The van der Waals surface area contributed by atoms with E-state index in [0.29, 0.717) is 17.2 Å². The normalized spacial score (nSPS) is 27.2. The molecule has 0 aromatic carbocycles. The Balaban J connectivity index is 2.33. The van der Waals surface area contributed by atoms with Crippen molar-refractivity contribution in [2.75, 3.05) is 7.11 Å². The van der Waals surface area contributed by atoms with E-state index in [4.69, 9.17) is 16.3 Å². The summed E-state index contributed by atoms with van der Waals surface area (Å²) in [6.45, 7) is 8.62. The van der Waals surface area contributed by atoms with Crippen molar-refractivity contribution in [2.45, 2.75) is 52.2 Å². The van der Waals surface area contributed by atoms with Gasteiger partial charge in [-0.3, -0.25) is 4.57 Å². The van der Waals surface area contributed by atoms with Crippen LogP contribution in [0.1, 0.15) is 51.9 Å². The van der Waals surface area contributed by atoms with Crippen LogP contribution in [0.4, 0.5) is 0 Å². The molecule has 4 nitrogen and oxygen atoms in total. The maximum absolute atomic E-state index is 6.16. The van der Waals surface area contributed by atoms with Crippen molar-refractivity contribution in [1.29, 1.82) is 0 Å². The van der Waals surface area contributed by atoms with E-state index in [1.54, 1.807) is 7.11 Å². The van der Waals surface area contributed by atoms with Crippen LogP contribution < -0.4 is 0 Å². The van der Waals surface area contributed by atoms with E-state index in [9.17, 15) is 0 Å². The minimum Gasteiger partial charge on any atom is -0.381 e. The summed E-state index contributed by atoms with van der Waals surface area (Å²) < 4.78 is 7.54. The Labute approximate surface area is 107 Å². The third-order valence-corrected chi connectivity index (χ3v) is 4.18. The van der Waals surface area contributed by atoms with Gasteiger partial charge in [-0.1, -0.05) is 27.7 Å². The third kappa shape index (κ3) is 1.87. The summed E-state index contributed by atoms with van der Waals surface area (Å²) in [5, 5.41) is 8.66. The molecule has 0 amide bonds. The van der Waals surface area contributed by atoms with Gasteiger partial charge in [0.1, 0.15) is 5.82 Å². The molecule has 1 aromatic rings. The molecule has 1 aliphatic carbocycles. The fourth-order valence-corrected chi connectivity index (χ4v) is 2.91. The molecule has 0 spiro atoms. The topological polar surface area (TPSA) is 39.9 Å². The Morgan fingerprint density at radius 1 is 1.41 bits per heavy atom. The second-order valence-corrected chi connectivity index (χ2v) is 5.99. The van der Waals surface area contributed by atoms with E-state index in [0.717, 1.165) is 12.2 Å². The summed E-state index contributed by atoms with van der Waals surface area (Å²) >= 11 is 6.16. The van der Waals surface area contributed by atoms with Gasteiger partial charge in [-0.2, -0.15) is 0 Å². The molecule has 0 saturated heterocycles. The third-order valence-electron chi connectivity index (χ3n) is 3.92. The first-order valence-electron chi connectivity index (χ1n) is 6.02. The molecule has 17 heavy (non-hydrogen) atoms. The van der Waals surface area contributed by atoms with Crippen molar-refractivity contribution < 1.29 is 4.74 Å². The lowest BCUT2D eigenvalue weighted by Crippen LogP contribution is -2.51. The molecule has 0 bridgehead atoms. The van der Waals surface area contributed by atoms with Gasteiger partial charge in [0.25, 0.3) is 0 Å². The van der Waals surface area contributed by atoms with E-state index in [1.165, 1.54) is 0 Å². The molecule has 0 radical (unpaired) electrons. The Bertz CT molecular complexity index is 414. The van der Waals surface area contributed by atoms with Gasteiger partial charge in [0.05, 0.1) is 6.10 Å².